The summed E-state index contributed by atoms with van der Waals surface area (Å²) in [6, 6.07) is 16.0. The van der Waals surface area contributed by atoms with Crippen molar-refractivity contribution < 1.29 is 19.1 Å². The lowest BCUT2D eigenvalue weighted by atomic mass is 9.84. The normalized spacial score (nSPS) is 20.8. The Bertz CT molecular complexity index is 899. The van der Waals surface area contributed by atoms with Gasteiger partial charge >= 0.3 is 6.03 Å². The summed E-state index contributed by atoms with van der Waals surface area (Å²) in [5.74, 6) is -0.231. The SMILES string of the molecule is O=C(CN1C(=O)N[C@@]2(CCOc3ccccc32)C1=O)NCc1ccccc1. The summed E-state index contributed by atoms with van der Waals surface area (Å²) < 4.78 is 5.60. The van der Waals surface area contributed by atoms with Gasteiger partial charge in [-0.05, 0) is 11.6 Å². The Kier molecular flexibility index (Phi) is 4.27. The molecule has 2 aliphatic heterocycles. The number of hydrogen-bond donors (Lipinski definition) is 2. The van der Waals surface area contributed by atoms with E-state index in [1.54, 1.807) is 18.2 Å². The number of imide groups is 1. The van der Waals surface area contributed by atoms with E-state index in [0.717, 1.165) is 10.5 Å². The van der Waals surface area contributed by atoms with Gasteiger partial charge in [-0.25, -0.2) is 4.79 Å². The molecule has 0 unspecified atom stereocenters. The summed E-state index contributed by atoms with van der Waals surface area (Å²) in [6.45, 7) is 0.338. The van der Waals surface area contributed by atoms with Crippen molar-refractivity contribution in [2.75, 3.05) is 13.2 Å². The molecule has 4 rings (SSSR count). The van der Waals surface area contributed by atoms with Gasteiger partial charge < -0.3 is 15.4 Å². The van der Waals surface area contributed by atoms with E-state index in [1.165, 1.54) is 0 Å². The van der Waals surface area contributed by atoms with Crippen molar-refractivity contribution in [2.24, 2.45) is 0 Å². The molecule has 0 aromatic heterocycles. The molecule has 2 heterocycles. The third-order valence-electron chi connectivity index (χ3n) is 4.89. The number of para-hydroxylation sites is 1. The lowest BCUT2D eigenvalue weighted by molar-refractivity contribution is -0.136. The minimum atomic E-state index is -1.16. The second-order valence-corrected chi connectivity index (χ2v) is 6.58. The zero-order chi connectivity index (χ0) is 18.9. The summed E-state index contributed by atoms with van der Waals surface area (Å²) in [5, 5.41) is 5.52. The van der Waals surface area contributed by atoms with Crippen LogP contribution in [0.25, 0.3) is 0 Å². The molecule has 0 bridgehead atoms. The molecule has 138 valence electrons. The van der Waals surface area contributed by atoms with Crippen LogP contribution in [-0.2, 0) is 21.7 Å². The second kappa shape index (κ2) is 6.75. The third kappa shape index (κ3) is 3.01. The number of rotatable bonds is 4. The molecular formula is C20H19N3O4. The van der Waals surface area contributed by atoms with E-state index in [4.69, 9.17) is 4.74 Å². The Morgan fingerprint density at radius 1 is 1.11 bits per heavy atom. The Labute approximate surface area is 156 Å². The highest BCUT2D eigenvalue weighted by atomic mass is 16.5. The molecule has 2 N–H and O–H groups in total. The first-order chi connectivity index (χ1) is 13.1. The summed E-state index contributed by atoms with van der Waals surface area (Å²) >= 11 is 0. The lowest BCUT2D eigenvalue weighted by Crippen LogP contribution is -2.48. The van der Waals surface area contributed by atoms with Crippen LogP contribution in [0, 0.1) is 0 Å². The van der Waals surface area contributed by atoms with Gasteiger partial charge in [0.25, 0.3) is 5.91 Å². The number of ether oxygens (including phenoxy) is 1. The van der Waals surface area contributed by atoms with Gasteiger partial charge in [0.1, 0.15) is 12.3 Å². The number of nitrogens with zero attached hydrogens (tertiary/aromatic N) is 1. The van der Waals surface area contributed by atoms with Crippen LogP contribution in [0.5, 0.6) is 5.75 Å². The number of nitrogens with one attached hydrogen (secondary N) is 2. The van der Waals surface area contributed by atoms with Gasteiger partial charge in [-0.15, -0.1) is 0 Å². The third-order valence-corrected chi connectivity index (χ3v) is 4.89. The average molecular weight is 365 g/mol. The van der Waals surface area contributed by atoms with E-state index in [9.17, 15) is 14.4 Å². The predicted molar refractivity (Wildman–Crippen MR) is 96.8 cm³/mol. The van der Waals surface area contributed by atoms with E-state index >= 15 is 0 Å². The van der Waals surface area contributed by atoms with E-state index < -0.39 is 17.5 Å². The van der Waals surface area contributed by atoms with E-state index in [-0.39, 0.29) is 12.5 Å². The molecule has 1 atom stereocenters. The lowest BCUT2D eigenvalue weighted by Gasteiger charge is -2.33. The number of carbonyl (C=O) groups excluding carboxylic acids is 3. The standard InChI is InChI=1S/C20H19N3O4/c24-17(21-12-14-6-2-1-3-7-14)13-23-18(25)20(22-19(23)26)10-11-27-16-9-5-4-8-15(16)20/h1-9H,10-13H2,(H,21,24)(H,22,26)/t20-/m1/s1. The van der Waals surface area contributed by atoms with Crippen molar-refractivity contribution in [1.29, 1.82) is 0 Å². The Morgan fingerprint density at radius 3 is 2.67 bits per heavy atom. The highest BCUT2D eigenvalue weighted by Gasteiger charge is 2.55. The van der Waals surface area contributed by atoms with Crippen LogP contribution in [0.1, 0.15) is 17.5 Å². The fourth-order valence-corrected chi connectivity index (χ4v) is 3.51. The molecule has 27 heavy (non-hydrogen) atoms. The van der Waals surface area contributed by atoms with Gasteiger partial charge in [0.15, 0.2) is 5.54 Å². The maximum atomic E-state index is 13.1. The number of hydrogen-bond acceptors (Lipinski definition) is 4. The predicted octanol–water partition coefficient (Wildman–Crippen LogP) is 1.53. The first kappa shape index (κ1) is 17.1. The Balaban J connectivity index is 1.48. The molecule has 1 spiro atoms. The maximum Gasteiger partial charge on any atom is 0.325 e. The molecule has 2 aromatic carbocycles. The first-order valence-electron chi connectivity index (χ1n) is 8.77. The zero-order valence-electron chi connectivity index (χ0n) is 14.6. The van der Waals surface area contributed by atoms with Gasteiger partial charge in [0.05, 0.1) is 6.61 Å². The van der Waals surface area contributed by atoms with Gasteiger partial charge in [0, 0.05) is 18.5 Å². The van der Waals surface area contributed by atoms with E-state index in [1.807, 2.05) is 36.4 Å². The van der Waals surface area contributed by atoms with E-state index in [0.29, 0.717) is 30.9 Å². The van der Waals surface area contributed by atoms with Crippen molar-refractivity contribution >= 4 is 17.8 Å². The molecule has 0 saturated carbocycles. The summed E-state index contributed by atoms with van der Waals surface area (Å²) in [4.78, 5) is 38.8. The fraction of sp³-hybridized carbons (Fsp3) is 0.250. The summed E-state index contributed by atoms with van der Waals surface area (Å²) in [5.41, 5.74) is 0.408. The molecule has 1 fully saturated rings. The minimum absolute atomic E-state index is 0.317. The van der Waals surface area contributed by atoms with Crippen LogP contribution in [0.2, 0.25) is 0 Å². The maximum absolute atomic E-state index is 13.1. The van der Waals surface area contributed by atoms with Gasteiger partial charge in [-0.3, -0.25) is 14.5 Å². The molecular weight excluding hydrogens is 346 g/mol. The van der Waals surface area contributed by atoms with Crippen LogP contribution in [-0.4, -0.2) is 35.9 Å². The molecule has 7 heteroatoms. The van der Waals surface area contributed by atoms with Crippen LogP contribution >= 0.6 is 0 Å². The van der Waals surface area contributed by atoms with Crippen LogP contribution < -0.4 is 15.4 Å². The highest BCUT2D eigenvalue weighted by Crippen LogP contribution is 2.40. The number of carbonyl (C=O) groups is 3. The smallest absolute Gasteiger partial charge is 0.325 e. The van der Waals surface area contributed by atoms with Crippen molar-refractivity contribution in [3.63, 3.8) is 0 Å². The Morgan fingerprint density at radius 2 is 1.85 bits per heavy atom. The second-order valence-electron chi connectivity index (χ2n) is 6.58. The quantitative estimate of drug-likeness (QED) is 0.805. The van der Waals surface area contributed by atoms with Gasteiger partial charge in [-0.1, -0.05) is 48.5 Å². The first-order valence-corrected chi connectivity index (χ1v) is 8.77. The minimum Gasteiger partial charge on any atom is -0.493 e. The molecule has 2 aliphatic rings. The van der Waals surface area contributed by atoms with Gasteiger partial charge in [0.2, 0.25) is 5.91 Å². The Hall–Kier alpha value is -3.35. The van der Waals surface area contributed by atoms with Crippen LogP contribution in [0.3, 0.4) is 0 Å². The molecule has 2 aromatic rings. The molecule has 4 amide bonds. The monoisotopic (exact) mass is 365 g/mol. The number of urea groups is 1. The molecule has 0 radical (unpaired) electrons. The fourth-order valence-electron chi connectivity index (χ4n) is 3.51. The largest absolute Gasteiger partial charge is 0.493 e. The summed E-state index contributed by atoms with van der Waals surface area (Å²) in [6.07, 6.45) is 0.330. The topological polar surface area (TPSA) is 87.7 Å². The summed E-state index contributed by atoms with van der Waals surface area (Å²) in [7, 11) is 0. The average Bonchev–Trinajstić information content (AvgIpc) is 2.92. The van der Waals surface area contributed by atoms with Crippen molar-refractivity contribution in [3.8, 4) is 5.75 Å². The van der Waals surface area contributed by atoms with Crippen LogP contribution in [0.15, 0.2) is 54.6 Å². The van der Waals surface area contributed by atoms with E-state index in [2.05, 4.69) is 10.6 Å². The van der Waals surface area contributed by atoms with Crippen molar-refractivity contribution in [1.82, 2.24) is 15.5 Å². The molecule has 1 saturated heterocycles. The van der Waals surface area contributed by atoms with Crippen LogP contribution in [0.4, 0.5) is 4.79 Å². The number of fused-ring (bicyclic) bond motifs is 2. The molecule has 0 aliphatic carbocycles. The molecule has 7 nitrogen and oxygen atoms in total. The highest BCUT2D eigenvalue weighted by molar-refractivity contribution is 6.09. The van der Waals surface area contributed by atoms with Gasteiger partial charge in [-0.2, -0.15) is 0 Å². The van der Waals surface area contributed by atoms with Crippen molar-refractivity contribution in [2.45, 2.75) is 18.5 Å². The number of amides is 4. The van der Waals surface area contributed by atoms with Crippen molar-refractivity contribution in [3.05, 3.63) is 65.7 Å². The zero-order valence-corrected chi connectivity index (χ0v) is 14.6. The number of benzene rings is 2.